The number of rotatable bonds is 5. The number of H-pyrrole nitrogens is 1. The van der Waals surface area contributed by atoms with Crippen LogP contribution in [-0.2, 0) is 4.79 Å². The molecule has 0 radical (unpaired) electrons. The number of allylic oxidation sites excluding steroid dienone is 2. The molecule has 0 unspecified atom stereocenters. The van der Waals surface area contributed by atoms with Crippen LogP contribution in [0.25, 0.3) is 0 Å². The number of Topliss-reactive ketones (excluding diaryl/α,β-unsaturated/α-hetero) is 1. The summed E-state index contributed by atoms with van der Waals surface area (Å²) in [6, 6.07) is 3.52. The highest BCUT2D eigenvalue weighted by molar-refractivity contribution is 6.01. The Balaban J connectivity index is 1.73. The van der Waals surface area contributed by atoms with Gasteiger partial charge in [0.15, 0.2) is 17.3 Å². The van der Waals surface area contributed by atoms with Crippen LogP contribution < -0.4 is 30.0 Å². The Morgan fingerprint density at radius 2 is 1.62 bits per heavy atom. The largest absolute Gasteiger partial charge is 0.496 e. The first-order chi connectivity index (χ1) is 16.5. The van der Waals surface area contributed by atoms with Crippen molar-refractivity contribution in [3.8, 4) is 17.2 Å². The molecule has 1 aromatic carbocycles. The fourth-order valence-electron chi connectivity index (χ4n) is 5.29. The quantitative estimate of drug-likeness (QED) is 0.691. The van der Waals surface area contributed by atoms with Crippen molar-refractivity contribution >= 4 is 17.5 Å². The van der Waals surface area contributed by atoms with E-state index in [9.17, 15) is 9.59 Å². The number of methoxy groups -OCH3 is 3. The summed E-state index contributed by atoms with van der Waals surface area (Å²) in [6.07, 6.45) is 5.26. The molecular weight excluding hydrogens is 436 g/mol. The van der Waals surface area contributed by atoms with Crippen LogP contribution >= 0.6 is 0 Å². The van der Waals surface area contributed by atoms with Gasteiger partial charge in [-0.25, -0.2) is 0 Å². The molecule has 2 aromatic rings. The Morgan fingerprint density at radius 1 is 0.912 bits per heavy atom. The highest BCUT2D eigenvalue weighted by Crippen LogP contribution is 2.48. The number of ketones is 1. The average molecular weight is 467 g/mol. The number of carbonyl (C=O) groups excluding carboxylic acids is 1. The van der Waals surface area contributed by atoms with E-state index in [2.05, 4.69) is 15.2 Å². The lowest BCUT2D eigenvalue weighted by molar-refractivity contribution is -0.116. The van der Waals surface area contributed by atoms with E-state index in [-0.39, 0.29) is 11.3 Å². The molecule has 1 saturated heterocycles. The molecule has 0 saturated carbocycles. The number of aromatic amines is 1. The number of aromatic nitrogens is 2. The van der Waals surface area contributed by atoms with Gasteiger partial charge in [-0.1, -0.05) is 0 Å². The summed E-state index contributed by atoms with van der Waals surface area (Å²) in [5.74, 6) is 1.99. The Hall–Kier alpha value is -3.49. The number of hydrogen-bond donors (Lipinski definition) is 2. The Morgan fingerprint density at radius 3 is 2.32 bits per heavy atom. The van der Waals surface area contributed by atoms with Crippen LogP contribution in [0.1, 0.15) is 55.6 Å². The molecule has 2 aliphatic heterocycles. The maximum absolute atomic E-state index is 13.6. The first-order valence-corrected chi connectivity index (χ1v) is 11.8. The van der Waals surface area contributed by atoms with E-state index in [1.165, 1.54) is 6.42 Å². The topological polar surface area (TPSA) is 106 Å². The molecule has 3 heterocycles. The van der Waals surface area contributed by atoms with Gasteiger partial charge in [-0.05, 0) is 38.2 Å². The van der Waals surface area contributed by atoms with Crippen molar-refractivity contribution in [3.05, 3.63) is 44.9 Å². The van der Waals surface area contributed by atoms with Gasteiger partial charge in [0.25, 0.3) is 5.56 Å². The molecule has 0 spiro atoms. The summed E-state index contributed by atoms with van der Waals surface area (Å²) in [5.41, 5.74) is 2.25. The molecule has 1 fully saturated rings. The van der Waals surface area contributed by atoms with Crippen LogP contribution in [0.15, 0.2) is 28.2 Å². The zero-order valence-corrected chi connectivity index (χ0v) is 19.8. The van der Waals surface area contributed by atoms with E-state index in [4.69, 9.17) is 19.2 Å². The van der Waals surface area contributed by atoms with Crippen molar-refractivity contribution in [1.29, 1.82) is 0 Å². The third-order valence-electron chi connectivity index (χ3n) is 6.95. The molecule has 0 amide bonds. The van der Waals surface area contributed by atoms with Gasteiger partial charge in [0, 0.05) is 42.4 Å². The maximum atomic E-state index is 13.6. The van der Waals surface area contributed by atoms with Crippen molar-refractivity contribution in [1.82, 2.24) is 9.97 Å². The number of carbonyl (C=O) groups is 1. The SMILES string of the molecule is COc1cc(OC)c([C@@H]2C3=C(CCCC3=O)Nc3nc(N4CCCCC4)[nH]c(=O)c32)cc1OC. The molecule has 34 heavy (non-hydrogen) atoms. The van der Waals surface area contributed by atoms with Gasteiger partial charge in [0.1, 0.15) is 11.6 Å². The molecule has 2 N–H and O–H groups in total. The van der Waals surface area contributed by atoms with Gasteiger partial charge in [0.2, 0.25) is 5.95 Å². The predicted octanol–water partition coefficient (Wildman–Crippen LogP) is 3.35. The van der Waals surface area contributed by atoms with E-state index >= 15 is 0 Å². The summed E-state index contributed by atoms with van der Waals surface area (Å²) in [6.45, 7) is 1.72. The lowest BCUT2D eigenvalue weighted by atomic mass is 9.76. The van der Waals surface area contributed by atoms with Crippen molar-refractivity contribution in [2.75, 3.05) is 44.6 Å². The molecule has 9 heteroatoms. The average Bonchev–Trinajstić information content (AvgIpc) is 2.87. The van der Waals surface area contributed by atoms with Gasteiger partial charge in [0.05, 0.1) is 32.8 Å². The molecule has 1 atom stereocenters. The van der Waals surface area contributed by atoms with Gasteiger partial charge in [-0.2, -0.15) is 4.98 Å². The number of hydrogen-bond acceptors (Lipinski definition) is 8. The minimum Gasteiger partial charge on any atom is -0.496 e. The molecule has 0 bridgehead atoms. The van der Waals surface area contributed by atoms with E-state index < -0.39 is 5.92 Å². The molecule has 1 aliphatic carbocycles. The molecule has 180 valence electrons. The molecule has 3 aliphatic rings. The minimum atomic E-state index is -0.625. The second kappa shape index (κ2) is 9.04. The van der Waals surface area contributed by atoms with Crippen LogP contribution in [0, 0.1) is 0 Å². The van der Waals surface area contributed by atoms with Gasteiger partial charge in [-0.3, -0.25) is 14.6 Å². The lowest BCUT2D eigenvalue weighted by Crippen LogP contribution is -2.36. The number of piperidine rings is 1. The second-order valence-electron chi connectivity index (χ2n) is 8.88. The maximum Gasteiger partial charge on any atom is 0.258 e. The van der Waals surface area contributed by atoms with Crippen LogP contribution in [0.2, 0.25) is 0 Å². The smallest absolute Gasteiger partial charge is 0.258 e. The van der Waals surface area contributed by atoms with Crippen LogP contribution in [0.5, 0.6) is 17.2 Å². The van der Waals surface area contributed by atoms with Crippen LogP contribution in [-0.4, -0.2) is 50.2 Å². The predicted molar refractivity (Wildman–Crippen MR) is 128 cm³/mol. The number of benzene rings is 1. The van der Waals surface area contributed by atoms with E-state index in [0.717, 1.165) is 44.5 Å². The highest BCUT2D eigenvalue weighted by atomic mass is 16.5. The van der Waals surface area contributed by atoms with Crippen molar-refractivity contribution < 1.29 is 19.0 Å². The third-order valence-corrected chi connectivity index (χ3v) is 6.95. The van der Waals surface area contributed by atoms with Gasteiger partial charge >= 0.3 is 0 Å². The Kier molecular flexibility index (Phi) is 5.93. The van der Waals surface area contributed by atoms with Crippen molar-refractivity contribution in [2.24, 2.45) is 0 Å². The first kappa shape index (κ1) is 22.3. The zero-order chi connectivity index (χ0) is 23.8. The number of anilines is 2. The Labute approximate surface area is 198 Å². The normalized spacial score (nSPS) is 19.8. The van der Waals surface area contributed by atoms with E-state index in [1.807, 2.05) is 0 Å². The van der Waals surface area contributed by atoms with Gasteiger partial charge < -0.3 is 24.4 Å². The molecule has 5 rings (SSSR count). The summed E-state index contributed by atoms with van der Waals surface area (Å²) in [5, 5.41) is 3.34. The first-order valence-electron chi connectivity index (χ1n) is 11.8. The summed E-state index contributed by atoms with van der Waals surface area (Å²) >= 11 is 0. The fraction of sp³-hybridized carbons (Fsp3) is 0.480. The van der Waals surface area contributed by atoms with Crippen LogP contribution in [0.4, 0.5) is 11.8 Å². The van der Waals surface area contributed by atoms with E-state index in [0.29, 0.717) is 52.1 Å². The number of fused-ring (bicyclic) bond motifs is 1. The van der Waals surface area contributed by atoms with Crippen molar-refractivity contribution in [3.63, 3.8) is 0 Å². The fourth-order valence-corrected chi connectivity index (χ4v) is 5.29. The lowest BCUT2D eigenvalue weighted by Gasteiger charge is -2.34. The number of nitrogens with zero attached hydrogens (tertiary/aromatic N) is 2. The second-order valence-corrected chi connectivity index (χ2v) is 8.88. The minimum absolute atomic E-state index is 0.0285. The highest BCUT2D eigenvalue weighted by Gasteiger charge is 2.40. The summed E-state index contributed by atoms with van der Waals surface area (Å²) in [7, 11) is 4.67. The molecule has 1 aromatic heterocycles. The Bertz CT molecular complexity index is 1210. The monoisotopic (exact) mass is 466 g/mol. The van der Waals surface area contributed by atoms with Gasteiger partial charge in [-0.15, -0.1) is 0 Å². The zero-order valence-electron chi connectivity index (χ0n) is 19.8. The van der Waals surface area contributed by atoms with E-state index in [1.54, 1.807) is 33.5 Å². The van der Waals surface area contributed by atoms with Crippen LogP contribution in [0.3, 0.4) is 0 Å². The standard InChI is InChI=1S/C25H30N4O5/c1-32-17-13-19(34-3)18(33-2)12-14(17)20-21-15(8-7-9-16(21)30)26-23-22(20)24(31)28-25(27-23)29-10-5-4-6-11-29/h12-13,20H,4-11H2,1-3H3,(H2,26,27,28,31)/t20-/m1/s1. The molecule has 9 nitrogen and oxygen atoms in total. The summed E-state index contributed by atoms with van der Waals surface area (Å²) < 4.78 is 16.7. The molecular formula is C25H30N4O5. The third kappa shape index (κ3) is 3.69. The summed E-state index contributed by atoms with van der Waals surface area (Å²) in [4.78, 5) is 36.7. The number of nitrogens with one attached hydrogen (secondary N) is 2. The number of ether oxygens (including phenoxy) is 3. The van der Waals surface area contributed by atoms with Crippen molar-refractivity contribution in [2.45, 2.75) is 44.4 Å².